The number of carbonyl (C=O) groups is 4. The number of aliphatic hydroxyl groups excluding tert-OH is 1. The fourth-order valence-electron chi connectivity index (χ4n) is 2.81. The number of aromatic nitrogens is 1. The molecule has 2 N–H and O–H groups in total. The van der Waals surface area contributed by atoms with E-state index in [1.54, 1.807) is 0 Å². The topological polar surface area (TPSA) is 150 Å². The van der Waals surface area contributed by atoms with Gasteiger partial charge in [0.1, 0.15) is 18.8 Å². The first-order chi connectivity index (χ1) is 13.7. The summed E-state index contributed by atoms with van der Waals surface area (Å²) < 4.78 is 20.7. The summed E-state index contributed by atoms with van der Waals surface area (Å²) in [4.78, 5) is 50.6. The second-order valence-electron chi connectivity index (χ2n) is 6.25. The number of pyridine rings is 1. The van der Waals surface area contributed by atoms with Crippen LogP contribution in [0.5, 0.6) is 0 Å². The lowest BCUT2D eigenvalue weighted by molar-refractivity contribution is -0.263. The molecule has 1 amide bonds. The van der Waals surface area contributed by atoms with Gasteiger partial charge in [-0.25, -0.2) is 0 Å². The minimum absolute atomic E-state index is 0.236. The molecule has 0 bridgehead atoms. The summed E-state index contributed by atoms with van der Waals surface area (Å²) in [6.07, 6.45) is -2.51. The molecule has 0 aromatic carbocycles. The van der Waals surface area contributed by atoms with Crippen LogP contribution in [0, 0.1) is 0 Å². The third-order valence-electron chi connectivity index (χ3n) is 3.96. The number of carbonyl (C=O) groups excluding carboxylic acids is 4. The highest BCUT2D eigenvalue weighted by Crippen LogP contribution is 2.26. The lowest BCUT2D eigenvalue weighted by atomic mass is 9.96. The Bertz CT molecular complexity index is 755. The Balaban J connectivity index is 2.30. The first-order valence-electron chi connectivity index (χ1n) is 8.71. The summed E-state index contributed by atoms with van der Waals surface area (Å²) >= 11 is 0. The molecule has 1 saturated heterocycles. The molecule has 1 aromatic heterocycles. The molecule has 29 heavy (non-hydrogen) atoms. The van der Waals surface area contributed by atoms with Gasteiger partial charge < -0.3 is 29.4 Å². The van der Waals surface area contributed by atoms with Gasteiger partial charge in [0.05, 0.1) is 0 Å². The summed E-state index contributed by atoms with van der Waals surface area (Å²) in [5, 5.41) is 12.9. The van der Waals surface area contributed by atoms with Gasteiger partial charge in [0.2, 0.25) is 0 Å². The number of nitrogens with zero attached hydrogens (tertiary/aromatic N) is 1. The second-order valence-corrected chi connectivity index (χ2v) is 6.25. The number of nitrogens with one attached hydrogen (secondary N) is 1. The fraction of sp³-hybridized carbons (Fsp3) is 0.500. The van der Waals surface area contributed by atoms with Crippen molar-refractivity contribution < 1.29 is 43.2 Å². The molecule has 158 valence electrons. The van der Waals surface area contributed by atoms with Crippen molar-refractivity contribution in [3.05, 3.63) is 30.1 Å². The van der Waals surface area contributed by atoms with Gasteiger partial charge in [-0.05, 0) is 12.1 Å². The molecule has 5 unspecified atom stereocenters. The van der Waals surface area contributed by atoms with Crippen LogP contribution in [0.15, 0.2) is 24.5 Å². The van der Waals surface area contributed by atoms with Gasteiger partial charge in [-0.2, -0.15) is 0 Å². The number of amides is 1. The molecule has 11 nitrogen and oxygen atoms in total. The van der Waals surface area contributed by atoms with Crippen molar-refractivity contribution in [2.45, 2.75) is 51.4 Å². The molecule has 1 aromatic rings. The van der Waals surface area contributed by atoms with Crippen LogP contribution in [0.25, 0.3) is 0 Å². The van der Waals surface area contributed by atoms with Crippen LogP contribution >= 0.6 is 0 Å². The van der Waals surface area contributed by atoms with Crippen molar-refractivity contribution in [1.82, 2.24) is 10.3 Å². The van der Waals surface area contributed by atoms with E-state index in [1.165, 1.54) is 31.5 Å². The van der Waals surface area contributed by atoms with E-state index in [0.717, 1.165) is 13.8 Å². The zero-order valence-electron chi connectivity index (χ0n) is 16.1. The molecule has 1 fully saturated rings. The van der Waals surface area contributed by atoms with E-state index in [1.807, 2.05) is 0 Å². The zero-order valence-corrected chi connectivity index (χ0v) is 16.1. The summed E-state index contributed by atoms with van der Waals surface area (Å²) in [7, 11) is 0. The van der Waals surface area contributed by atoms with Gasteiger partial charge in [0, 0.05) is 38.7 Å². The molecule has 0 spiro atoms. The van der Waals surface area contributed by atoms with Crippen LogP contribution in [0.2, 0.25) is 0 Å². The Labute approximate surface area is 166 Å². The van der Waals surface area contributed by atoms with Gasteiger partial charge in [0.25, 0.3) is 5.91 Å². The summed E-state index contributed by atoms with van der Waals surface area (Å²) in [5.41, 5.74) is 0.236. The van der Waals surface area contributed by atoms with E-state index < -0.39 is 54.5 Å². The van der Waals surface area contributed by atoms with Crippen LogP contribution < -0.4 is 5.32 Å². The highest BCUT2D eigenvalue weighted by Gasteiger charge is 2.50. The van der Waals surface area contributed by atoms with Crippen molar-refractivity contribution >= 4 is 23.8 Å². The SMILES string of the molecule is CC(=O)OCC1OC(O)C(NC(=O)c2ccncc2)C(OC(C)=O)C1OC(C)=O. The molecule has 2 heterocycles. The van der Waals surface area contributed by atoms with E-state index in [0.29, 0.717) is 0 Å². The number of ether oxygens (including phenoxy) is 4. The molecule has 11 heteroatoms. The van der Waals surface area contributed by atoms with Crippen molar-refractivity contribution in [2.75, 3.05) is 6.61 Å². The molecule has 0 aliphatic carbocycles. The van der Waals surface area contributed by atoms with Crippen LogP contribution in [-0.2, 0) is 33.3 Å². The van der Waals surface area contributed by atoms with E-state index >= 15 is 0 Å². The Morgan fingerprint density at radius 2 is 1.62 bits per heavy atom. The Kier molecular flexibility index (Phi) is 7.62. The summed E-state index contributed by atoms with van der Waals surface area (Å²) in [6.45, 7) is 3.05. The average molecular weight is 410 g/mol. The number of hydrogen-bond donors (Lipinski definition) is 2. The van der Waals surface area contributed by atoms with Crippen LogP contribution in [0.1, 0.15) is 31.1 Å². The first-order valence-corrected chi connectivity index (χ1v) is 8.71. The molecule has 5 atom stereocenters. The van der Waals surface area contributed by atoms with E-state index in [-0.39, 0.29) is 12.2 Å². The van der Waals surface area contributed by atoms with Crippen LogP contribution in [0.3, 0.4) is 0 Å². The second kappa shape index (κ2) is 9.94. The predicted octanol–water partition coefficient (Wildman–Crippen LogP) is -0.676. The number of aliphatic hydroxyl groups is 1. The van der Waals surface area contributed by atoms with Crippen molar-refractivity contribution in [3.63, 3.8) is 0 Å². The van der Waals surface area contributed by atoms with Gasteiger partial charge in [-0.3, -0.25) is 24.2 Å². The first kappa shape index (κ1) is 22.2. The maximum Gasteiger partial charge on any atom is 0.303 e. The average Bonchev–Trinajstić information content (AvgIpc) is 2.65. The molecule has 2 rings (SSSR count). The third kappa shape index (κ3) is 6.22. The summed E-state index contributed by atoms with van der Waals surface area (Å²) in [6, 6.07) is 1.62. The standard InChI is InChI=1S/C18H22N2O9/c1-9(21)26-8-13-15(27-10(2)22)16(28-11(3)23)14(18(25)29-13)20-17(24)12-4-6-19-7-5-12/h4-7,13-16,18,25H,8H2,1-3H3,(H,20,24). The number of esters is 3. The normalized spacial score (nSPS) is 26.1. The third-order valence-corrected chi connectivity index (χ3v) is 3.96. The molecule has 0 saturated carbocycles. The van der Waals surface area contributed by atoms with Crippen LogP contribution in [0.4, 0.5) is 0 Å². The van der Waals surface area contributed by atoms with Gasteiger partial charge in [0.15, 0.2) is 18.5 Å². The van der Waals surface area contributed by atoms with Gasteiger partial charge in [-0.1, -0.05) is 0 Å². The lowest BCUT2D eigenvalue weighted by Crippen LogP contribution is -2.66. The number of rotatable bonds is 6. The van der Waals surface area contributed by atoms with E-state index in [9.17, 15) is 24.3 Å². The van der Waals surface area contributed by atoms with Crippen molar-refractivity contribution in [1.29, 1.82) is 0 Å². The molecule has 1 aliphatic heterocycles. The maximum absolute atomic E-state index is 12.5. The molecule has 0 radical (unpaired) electrons. The van der Waals surface area contributed by atoms with E-state index in [2.05, 4.69) is 10.3 Å². The van der Waals surface area contributed by atoms with E-state index in [4.69, 9.17) is 18.9 Å². The highest BCUT2D eigenvalue weighted by atomic mass is 16.7. The molecular formula is C18H22N2O9. The monoisotopic (exact) mass is 410 g/mol. The quantitative estimate of drug-likeness (QED) is 0.456. The Morgan fingerprint density at radius 1 is 1.03 bits per heavy atom. The minimum atomic E-state index is -1.64. The number of hydrogen-bond acceptors (Lipinski definition) is 10. The molecule has 1 aliphatic rings. The van der Waals surface area contributed by atoms with Gasteiger partial charge >= 0.3 is 17.9 Å². The van der Waals surface area contributed by atoms with Crippen molar-refractivity contribution in [3.8, 4) is 0 Å². The summed E-state index contributed by atoms with van der Waals surface area (Å²) in [5.74, 6) is -2.69. The lowest BCUT2D eigenvalue weighted by Gasteiger charge is -2.43. The largest absolute Gasteiger partial charge is 0.463 e. The van der Waals surface area contributed by atoms with Crippen LogP contribution in [-0.4, -0.2) is 71.2 Å². The predicted molar refractivity (Wildman–Crippen MR) is 94.1 cm³/mol. The molecular weight excluding hydrogens is 388 g/mol. The fourth-order valence-corrected chi connectivity index (χ4v) is 2.81. The Hall–Kier alpha value is -3.05. The maximum atomic E-state index is 12.5. The van der Waals surface area contributed by atoms with Gasteiger partial charge in [-0.15, -0.1) is 0 Å². The Morgan fingerprint density at radius 3 is 2.17 bits per heavy atom. The highest BCUT2D eigenvalue weighted by molar-refractivity contribution is 5.94. The van der Waals surface area contributed by atoms with Crippen molar-refractivity contribution in [2.24, 2.45) is 0 Å². The smallest absolute Gasteiger partial charge is 0.303 e. The zero-order chi connectivity index (χ0) is 21.6. The minimum Gasteiger partial charge on any atom is -0.463 e.